The first-order valence-corrected chi connectivity index (χ1v) is 8.63. The molecule has 1 aromatic rings. The number of nitrogens with one attached hydrogen (secondary N) is 1. The van der Waals surface area contributed by atoms with Crippen LogP contribution in [0.1, 0.15) is 18.9 Å². The van der Waals surface area contributed by atoms with Crippen molar-refractivity contribution < 1.29 is 4.79 Å². The van der Waals surface area contributed by atoms with Crippen LogP contribution in [0.25, 0.3) is 0 Å². The number of amides is 2. The van der Waals surface area contributed by atoms with Gasteiger partial charge in [-0.05, 0) is 24.6 Å². The monoisotopic (exact) mass is 317 g/mol. The molecule has 0 spiro atoms. The number of nitrogens with zero attached hydrogens (tertiary/aromatic N) is 4. The summed E-state index contributed by atoms with van der Waals surface area (Å²) in [6.07, 6.45) is 4.79. The van der Waals surface area contributed by atoms with Gasteiger partial charge in [-0.25, -0.2) is 4.79 Å². The molecule has 6 nitrogen and oxygen atoms in total. The Labute approximate surface area is 138 Å². The van der Waals surface area contributed by atoms with Crippen LogP contribution in [0.2, 0.25) is 0 Å². The fourth-order valence-corrected chi connectivity index (χ4v) is 3.36. The Kier molecular flexibility index (Phi) is 5.46. The number of piperazine rings is 1. The Bertz CT molecular complexity index is 501. The quantitative estimate of drug-likeness (QED) is 0.900. The van der Waals surface area contributed by atoms with Gasteiger partial charge >= 0.3 is 6.03 Å². The third-order valence-electron chi connectivity index (χ3n) is 4.84. The van der Waals surface area contributed by atoms with Crippen LogP contribution < -0.4 is 5.32 Å². The lowest BCUT2D eigenvalue weighted by atomic mass is 10.2. The predicted octanol–water partition coefficient (Wildman–Crippen LogP) is 1.00. The molecule has 0 saturated carbocycles. The Morgan fingerprint density at radius 3 is 2.74 bits per heavy atom. The molecule has 2 aliphatic rings. The zero-order valence-corrected chi connectivity index (χ0v) is 13.9. The highest BCUT2D eigenvalue weighted by Gasteiger charge is 2.26. The summed E-state index contributed by atoms with van der Waals surface area (Å²) < 4.78 is 0. The van der Waals surface area contributed by atoms with Gasteiger partial charge in [0, 0.05) is 64.2 Å². The van der Waals surface area contributed by atoms with Gasteiger partial charge in [0.05, 0.1) is 0 Å². The van der Waals surface area contributed by atoms with Crippen molar-refractivity contribution in [3.05, 3.63) is 30.1 Å². The van der Waals surface area contributed by atoms with Crippen LogP contribution >= 0.6 is 0 Å². The average molecular weight is 317 g/mol. The summed E-state index contributed by atoms with van der Waals surface area (Å²) in [5.74, 6) is 0. The van der Waals surface area contributed by atoms with Gasteiger partial charge in [0.1, 0.15) is 0 Å². The molecule has 3 heterocycles. The van der Waals surface area contributed by atoms with Crippen molar-refractivity contribution in [2.75, 3.05) is 45.8 Å². The van der Waals surface area contributed by atoms with Crippen LogP contribution in [0, 0.1) is 0 Å². The zero-order valence-electron chi connectivity index (χ0n) is 13.9. The third kappa shape index (κ3) is 4.42. The minimum absolute atomic E-state index is 0.106. The number of rotatable bonds is 4. The molecule has 6 heteroatoms. The van der Waals surface area contributed by atoms with Crippen LogP contribution in [-0.2, 0) is 6.54 Å². The second kappa shape index (κ2) is 7.75. The fourth-order valence-electron chi connectivity index (χ4n) is 3.36. The molecule has 1 aromatic heterocycles. The number of urea groups is 1. The number of pyridine rings is 1. The molecule has 1 N–H and O–H groups in total. The normalized spacial score (nSPS) is 23.2. The van der Waals surface area contributed by atoms with Crippen molar-refractivity contribution in [1.82, 2.24) is 25.0 Å². The van der Waals surface area contributed by atoms with Crippen molar-refractivity contribution in [2.24, 2.45) is 0 Å². The number of likely N-dealkylation sites (tertiary alicyclic amines) is 1. The van der Waals surface area contributed by atoms with Gasteiger partial charge in [0.2, 0.25) is 0 Å². The molecule has 0 radical (unpaired) electrons. The first-order chi connectivity index (χ1) is 11.2. The van der Waals surface area contributed by atoms with Crippen molar-refractivity contribution in [3.63, 3.8) is 0 Å². The van der Waals surface area contributed by atoms with Crippen molar-refractivity contribution in [2.45, 2.75) is 25.9 Å². The maximum absolute atomic E-state index is 12.4. The summed E-state index contributed by atoms with van der Waals surface area (Å²) in [4.78, 5) is 23.3. The highest BCUT2D eigenvalue weighted by atomic mass is 16.2. The zero-order chi connectivity index (χ0) is 16.1. The van der Waals surface area contributed by atoms with Crippen LogP contribution in [-0.4, -0.2) is 77.6 Å². The molecule has 23 heavy (non-hydrogen) atoms. The van der Waals surface area contributed by atoms with Crippen molar-refractivity contribution >= 4 is 6.03 Å². The standard InChI is InChI=1S/C17H27N5O/c1-2-20-7-5-16(14-20)19-17(23)22-10-8-21(9-11-22)13-15-4-3-6-18-12-15/h3-4,6,12,16H,2,5,7-11,13-14H2,1H3,(H,19,23). The second-order valence-electron chi connectivity index (χ2n) is 6.45. The number of carbonyl (C=O) groups is 1. The van der Waals surface area contributed by atoms with Gasteiger partial charge in [0.25, 0.3) is 0 Å². The summed E-state index contributed by atoms with van der Waals surface area (Å²) in [5.41, 5.74) is 1.23. The third-order valence-corrected chi connectivity index (χ3v) is 4.84. The molecule has 2 fully saturated rings. The summed E-state index contributed by atoms with van der Waals surface area (Å²) >= 11 is 0. The molecule has 1 unspecified atom stereocenters. The van der Waals surface area contributed by atoms with E-state index in [1.54, 1.807) is 6.20 Å². The molecular weight excluding hydrogens is 290 g/mol. The van der Waals surface area contributed by atoms with E-state index in [4.69, 9.17) is 0 Å². The Hall–Kier alpha value is -1.66. The summed E-state index contributed by atoms with van der Waals surface area (Å²) in [5, 5.41) is 3.19. The molecule has 2 amide bonds. The first-order valence-electron chi connectivity index (χ1n) is 8.63. The lowest BCUT2D eigenvalue weighted by Gasteiger charge is -2.35. The lowest BCUT2D eigenvalue weighted by molar-refractivity contribution is 0.133. The molecule has 2 saturated heterocycles. The minimum Gasteiger partial charge on any atom is -0.334 e. The number of likely N-dealkylation sites (N-methyl/N-ethyl adjacent to an activating group) is 1. The fraction of sp³-hybridized carbons (Fsp3) is 0.647. The second-order valence-corrected chi connectivity index (χ2v) is 6.45. The largest absolute Gasteiger partial charge is 0.334 e. The van der Waals surface area contributed by atoms with Crippen molar-refractivity contribution in [3.8, 4) is 0 Å². The van der Waals surface area contributed by atoms with Crippen LogP contribution in [0.3, 0.4) is 0 Å². The number of hydrogen-bond acceptors (Lipinski definition) is 4. The van der Waals surface area contributed by atoms with E-state index in [2.05, 4.69) is 33.1 Å². The number of hydrogen-bond donors (Lipinski definition) is 1. The molecule has 1 atom stereocenters. The minimum atomic E-state index is 0.106. The summed E-state index contributed by atoms with van der Waals surface area (Å²) in [6, 6.07) is 4.50. The van der Waals surface area contributed by atoms with E-state index in [0.29, 0.717) is 6.04 Å². The van der Waals surface area contributed by atoms with Gasteiger partial charge in [0.15, 0.2) is 0 Å². The van der Waals surface area contributed by atoms with Gasteiger partial charge in [-0.15, -0.1) is 0 Å². The average Bonchev–Trinajstić information content (AvgIpc) is 3.04. The van der Waals surface area contributed by atoms with E-state index in [9.17, 15) is 4.79 Å². The van der Waals surface area contributed by atoms with E-state index in [-0.39, 0.29) is 6.03 Å². The maximum atomic E-state index is 12.4. The lowest BCUT2D eigenvalue weighted by Crippen LogP contribution is -2.53. The van der Waals surface area contributed by atoms with E-state index in [1.165, 1.54) is 5.56 Å². The summed E-state index contributed by atoms with van der Waals surface area (Å²) in [7, 11) is 0. The molecule has 126 valence electrons. The molecule has 0 aliphatic carbocycles. The highest BCUT2D eigenvalue weighted by molar-refractivity contribution is 5.74. The SMILES string of the molecule is CCN1CCC(NC(=O)N2CCN(Cc3cccnc3)CC2)C1. The van der Waals surface area contributed by atoms with Crippen LogP contribution in [0.5, 0.6) is 0 Å². The summed E-state index contributed by atoms with van der Waals surface area (Å²) in [6.45, 7) is 9.70. The highest BCUT2D eigenvalue weighted by Crippen LogP contribution is 2.11. The smallest absolute Gasteiger partial charge is 0.317 e. The van der Waals surface area contributed by atoms with Gasteiger partial charge in [-0.1, -0.05) is 13.0 Å². The molecule has 0 bridgehead atoms. The Morgan fingerprint density at radius 2 is 2.09 bits per heavy atom. The van der Waals surface area contributed by atoms with Gasteiger partial charge < -0.3 is 15.1 Å². The van der Waals surface area contributed by atoms with E-state index >= 15 is 0 Å². The van der Waals surface area contributed by atoms with E-state index in [0.717, 1.165) is 58.8 Å². The number of carbonyl (C=O) groups excluding carboxylic acids is 1. The van der Waals surface area contributed by atoms with E-state index in [1.807, 2.05) is 17.2 Å². The molecule has 2 aliphatic heterocycles. The van der Waals surface area contributed by atoms with Crippen LogP contribution in [0.15, 0.2) is 24.5 Å². The molecule has 0 aromatic carbocycles. The topological polar surface area (TPSA) is 51.7 Å². The van der Waals surface area contributed by atoms with Gasteiger partial charge in [-0.3, -0.25) is 9.88 Å². The molecular formula is C17H27N5O. The van der Waals surface area contributed by atoms with E-state index < -0.39 is 0 Å². The van der Waals surface area contributed by atoms with Gasteiger partial charge in [-0.2, -0.15) is 0 Å². The maximum Gasteiger partial charge on any atom is 0.317 e. The van der Waals surface area contributed by atoms with Crippen LogP contribution in [0.4, 0.5) is 4.79 Å². The molecule has 3 rings (SSSR count). The number of aromatic nitrogens is 1. The van der Waals surface area contributed by atoms with Crippen molar-refractivity contribution in [1.29, 1.82) is 0 Å². The predicted molar refractivity (Wildman–Crippen MR) is 90.1 cm³/mol. The Balaban J connectivity index is 1.41. The Morgan fingerprint density at radius 1 is 1.26 bits per heavy atom. The first kappa shape index (κ1) is 16.2.